The van der Waals surface area contributed by atoms with Crippen LogP contribution in [0.5, 0.6) is 5.75 Å². The van der Waals surface area contributed by atoms with Crippen LogP contribution in [-0.2, 0) is 11.3 Å². The molecule has 1 saturated carbocycles. The van der Waals surface area contributed by atoms with Crippen molar-refractivity contribution in [2.75, 3.05) is 7.11 Å². The number of ketones is 1. The number of halogens is 2. The Balaban J connectivity index is 1.43. The normalized spacial score (nSPS) is 21.8. The van der Waals surface area contributed by atoms with Gasteiger partial charge in [0.15, 0.2) is 29.0 Å². The molecule has 3 unspecified atom stereocenters. The molecular formula is C25H25F2N5O2S. The van der Waals surface area contributed by atoms with E-state index in [4.69, 9.17) is 10.5 Å². The maximum absolute atomic E-state index is 13.9. The third kappa shape index (κ3) is 4.99. The summed E-state index contributed by atoms with van der Waals surface area (Å²) in [5.74, 6) is -0.0761. The molecule has 3 atom stereocenters. The first-order valence-corrected chi connectivity index (χ1v) is 12.4. The van der Waals surface area contributed by atoms with Gasteiger partial charge in [0.05, 0.1) is 7.11 Å². The lowest BCUT2D eigenvalue weighted by Crippen LogP contribution is -2.21. The number of nitrogens with two attached hydrogens (primary N) is 1. The Morgan fingerprint density at radius 2 is 1.91 bits per heavy atom. The second-order valence-electron chi connectivity index (χ2n) is 8.69. The van der Waals surface area contributed by atoms with Gasteiger partial charge in [0.25, 0.3) is 0 Å². The molecule has 182 valence electrons. The molecule has 0 saturated heterocycles. The lowest BCUT2D eigenvalue weighted by molar-refractivity contribution is -0.123. The maximum atomic E-state index is 13.9. The van der Waals surface area contributed by atoms with Gasteiger partial charge in [-0.3, -0.25) is 9.79 Å². The van der Waals surface area contributed by atoms with E-state index in [9.17, 15) is 13.6 Å². The van der Waals surface area contributed by atoms with E-state index in [-0.39, 0.29) is 35.3 Å². The number of hydrogen-bond donors (Lipinski definition) is 1. The molecule has 0 bridgehead atoms. The molecule has 3 aromatic rings. The quantitative estimate of drug-likeness (QED) is 0.540. The molecule has 2 N–H and O–H groups in total. The highest BCUT2D eigenvalue weighted by Crippen LogP contribution is 2.36. The number of aromatic nitrogens is 3. The number of nitrogens with zero attached hydrogens (tertiary/aromatic N) is 4. The molecule has 1 aliphatic carbocycles. The lowest BCUT2D eigenvalue weighted by atomic mass is 9.95. The minimum absolute atomic E-state index is 0.0342. The number of carbonyl (C=O) groups excluding carboxylic acids is 1. The number of rotatable bonds is 6. The van der Waals surface area contributed by atoms with Crippen LogP contribution in [0.1, 0.15) is 25.7 Å². The monoisotopic (exact) mass is 497 g/mol. The summed E-state index contributed by atoms with van der Waals surface area (Å²) in [6.45, 7) is 0.0342. The molecule has 2 aromatic carbocycles. The number of thioether (sulfide) groups is 1. The second kappa shape index (κ2) is 9.87. The topological polar surface area (TPSA) is 95.4 Å². The van der Waals surface area contributed by atoms with Gasteiger partial charge in [-0.2, -0.15) is 0 Å². The van der Waals surface area contributed by atoms with E-state index in [1.165, 1.54) is 31.4 Å². The van der Waals surface area contributed by atoms with Crippen LogP contribution in [0.3, 0.4) is 0 Å². The summed E-state index contributed by atoms with van der Waals surface area (Å²) < 4.78 is 34.1. The van der Waals surface area contributed by atoms with E-state index in [0.29, 0.717) is 28.0 Å². The Labute approximate surface area is 205 Å². The average Bonchev–Trinajstić information content (AvgIpc) is 3.36. The van der Waals surface area contributed by atoms with Crippen molar-refractivity contribution in [1.82, 2.24) is 14.8 Å². The van der Waals surface area contributed by atoms with Crippen molar-refractivity contribution in [3.63, 3.8) is 0 Å². The van der Waals surface area contributed by atoms with Crippen LogP contribution < -0.4 is 10.5 Å². The molecule has 1 aromatic heterocycles. The number of hydrogen-bond acceptors (Lipinski definition) is 7. The summed E-state index contributed by atoms with van der Waals surface area (Å²) in [4.78, 5) is 22.5. The van der Waals surface area contributed by atoms with Crippen molar-refractivity contribution in [3.8, 4) is 28.5 Å². The Bertz CT molecular complexity index is 1280. The zero-order valence-electron chi connectivity index (χ0n) is 19.2. The molecule has 2 heterocycles. The highest BCUT2D eigenvalue weighted by atomic mass is 32.2. The molecule has 1 aliphatic heterocycles. The number of ether oxygens (including phenoxy) is 1. The fourth-order valence-electron chi connectivity index (χ4n) is 4.59. The number of aliphatic imine (C=N–C) groups is 1. The fourth-order valence-corrected chi connectivity index (χ4v) is 5.73. The molecule has 35 heavy (non-hydrogen) atoms. The second-order valence-corrected chi connectivity index (χ2v) is 10.0. The maximum Gasteiger partial charge on any atom is 0.181 e. The van der Waals surface area contributed by atoms with Gasteiger partial charge in [-0.05, 0) is 68.1 Å². The predicted octanol–water partition coefficient (Wildman–Crippen LogP) is 4.46. The van der Waals surface area contributed by atoms with E-state index in [2.05, 4.69) is 15.1 Å². The Kier molecular flexibility index (Phi) is 6.66. The van der Waals surface area contributed by atoms with Crippen LogP contribution in [0.25, 0.3) is 22.8 Å². The molecule has 7 nitrogen and oxygen atoms in total. The van der Waals surface area contributed by atoms with E-state index in [0.717, 1.165) is 31.4 Å². The van der Waals surface area contributed by atoms with E-state index < -0.39 is 5.82 Å². The summed E-state index contributed by atoms with van der Waals surface area (Å²) in [5, 5.41) is 4.87. The standard InChI is InChI=1S/C25H25F2N5O2S/c1-34-21-12-16(4-9-18(21)27)23-30-24(15-2-7-17(26)8-3-15)32(31-23)13-20(33)14-5-10-19-22(11-6-14)35-25(28)29-19/h2-4,7-9,12,14,22,25H,5-6,10-11,13,28H2,1H3. The Hall–Kier alpha value is -3.11. The highest BCUT2D eigenvalue weighted by Gasteiger charge is 2.33. The minimum atomic E-state index is -0.494. The van der Waals surface area contributed by atoms with Crippen LogP contribution in [0.2, 0.25) is 0 Å². The van der Waals surface area contributed by atoms with E-state index in [1.807, 2.05) is 0 Å². The van der Waals surface area contributed by atoms with Crippen molar-refractivity contribution in [2.45, 2.75) is 43.0 Å². The summed E-state index contributed by atoms with van der Waals surface area (Å²) in [7, 11) is 1.38. The smallest absolute Gasteiger partial charge is 0.181 e. The summed E-state index contributed by atoms with van der Waals surface area (Å²) >= 11 is 1.65. The highest BCUT2D eigenvalue weighted by molar-refractivity contribution is 8.01. The average molecular weight is 498 g/mol. The molecule has 10 heteroatoms. The third-order valence-electron chi connectivity index (χ3n) is 6.44. The first-order chi connectivity index (χ1) is 16.9. The third-order valence-corrected chi connectivity index (χ3v) is 7.66. The number of Topliss-reactive ketones (excluding diaryl/α,β-unsaturated/α-hetero) is 1. The number of carbonyl (C=O) groups is 1. The van der Waals surface area contributed by atoms with Gasteiger partial charge in [0, 0.05) is 28.0 Å². The van der Waals surface area contributed by atoms with E-state index in [1.54, 1.807) is 34.6 Å². The van der Waals surface area contributed by atoms with Gasteiger partial charge in [-0.15, -0.1) is 16.9 Å². The van der Waals surface area contributed by atoms with Gasteiger partial charge < -0.3 is 10.5 Å². The fraction of sp³-hybridized carbons (Fsp3) is 0.360. The van der Waals surface area contributed by atoms with Crippen LogP contribution in [0.4, 0.5) is 8.78 Å². The molecule has 0 spiro atoms. The molecule has 5 rings (SSSR count). The van der Waals surface area contributed by atoms with Gasteiger partial charge in [0.1, 0.15) is 17.9 Å². The van der Waals surface area contributed by atoms with Crippen molar-refractivity contribution >= 4 is 23.3 Å². The van der Waals surface area contributed by atoms with Gasteiger partial charge in [-0.1, -0.05) is 0 Å². The molecule has 0 amide bonds. The summed E-state index contributed by atoms with van der Waals surface area (Å²) in [6.07, 6.45) is 3.13. The van der Waals surface area contributed by atoms with E-state index >= 15 is 0 Å². The van der Waals surface area contributed by atoms with Gasteiger partial charge in [0.2, 0.25) is 0 Å². The molecular weight excluding hydrogens is 472 g/mol. The van der Waals surface area contributed by atoms with Crippen molar-refractivity contribution in [3.05, 3.63) is 54.1 Å². The molecule has 2 aliphatic rings. The first-order valence-electron chi connectivity index (χ1n) is 11.5. The first kappa shape index (κ1) is 23.6. The van der Waals surface area contributed by atoms with Crippen LogP contribution in [-0.4, -0.2) is 44.1 Å². The number of methoxy groups -OCH3 is 1. The van der Waals surface area contributed by atoms with Crippen LogP contribution in [0.15, 0.2) is 47.5 Å². The number of fused-ring (bicyclic) bond motifs is 1. The van der Waals surface area contributed by atoms with Gasteiger partial charge >= 0.3 is 0 Å². The lowest BCUT2D eigenvalue weighted by Gasteiger charge is -2.14. The minimum Gasteiger partial charge on any atom is -0.494 e. The largest absolute Gasteiger partial charge is 0.494 e. The van der Waals surface area contributed by atoms with Gasteiger partial charge in [-0.25, -0.2) is 18.4 Å². The number of benzene rings is 2. The predicted molar refractivity (Wildman–Crippen MR) is 131 cm³/mol. The zero-order valence-corrected chi connectivity index (χ0v) is 20.0. The summed E-state index contributed by atoms with van der Waals surface area (Å²) in [5.41, 5.74) is 8.03. The van der Waals surface area contributed by atoms with Crippen LogP contribution >= 0.6 is 11.8 Å². The molecule has 0 radical (unpaired) electrons. The molecule has 1 fully saturated rings. The Morgan fingerprint density at radius 1 is 1.14 bits per heavy atom. The summed E-state index contributed by atoms with van der Waals surface area (Å²) in [6, 6.07) is 10.2. The Morgan fingerprint density at radius 3 is 2.69 bits per heavy atom. The SMILES string of the molecule is COc1cc(-c2nc(-c3ccc(F)cc3)n(CC(=O)C3CCC4=NC(N)SC4CC3)n2)ccc1F. The van der Waals surface area contributed by atoms with Crippen molar-refractivity contribution in [1.29, 1.82) is 0 Å². The zero-order chi connectivity index (χ0) is 24.5. The van der Waals surface area contributed by atoms with Crippen molar-refractivity contribution < 1.29 is 18.3 Å². The van der Waals surface area contributed by atoms with Crippen molar-refractivity contribution in [2.24, 2.45) is 16.6 Å². The van der Waals surface area contributed by atoms with Crippen LogP contribution in [0, 0.1) is 17.6 Å².